The summed E-state index contributed by atoms with van der Waals surface area (Å²) in [6, 6.07) is 8.42. The molecule has 2 rings (SSSR count). The Morgan fingerprint density at radius 2 is 2.11 bits per heavy atom. The normalized spacial score (nSPS) is 16.8. The van der Waals surface area contributed by atoms with Gasteiger partial charge in [0.2, 0.25) is 0 Å². The van der Waals surface area contributed by atoms with E-state index in [0.29, 0.717) is 18.1 Å². The summed E-state index contributed by atoms with van der Waals surface area (Å²) in [5.74, 6) is 0.793. The summed E-state index contributed by atoms with van der Waals surface area (Å²) >= 11 is 0. The third-order valence-corrected chi connectivity index (χ3v) is 4.24. The fourth-order valence-electron chi connectivity index (χ4n) is 2.88. The zero-order valence-corrected chi connectivity index (χ0v) is 17.2. The van der Waals surface area contributed by atoms with E-state index in [1.807, 2.05) is 26.8 Å². The van der Waals surface area contributed by atoms with Gasteiger partial charge in [0, 0.05) is 19.3 Å². The molecular weight excluding hydrogens is 336 g/mol. The molecule has 1 aliphatic carbocycles. The van der Waals surface area contributed by atoms with E-state index in [9.17, 15) is 9.59 Å². The molecular formula is C24H34O3. The van der Waals surface area contributed by atoms with Crippen LogP contribution in [-0.2, 0) is 14.3 Å². The molecule has 3 nitrogen and oxygen atoms in total. The Morgan fingerprint density at radius 3 is 2.70 bits per heavy atom. The van der Waals surface area contributed by atoms with Gasteiger partial charge >= 0.3 is 5.97 Å². The van der Waals surface area contributed by atoms with E-state index in [-0.39, 0.29) is 12.1 Å². The summed E-state index contributed by atoms with van der Waals surface area (Å²) in [5, 5.41) is 0. The number of ether oxygens (including phenoxy) is 1. The van der Waals surface area contributed by atoms with Crippen LogP contribution in [0, 0.1) is 12.8 Å². The van der Waals surface area contributed by atoms with Gasteiger partial charge in [-0.15, -0.1) is 0 Å². The summed E-state index contributed by atoms with van der Waals surface area (Å²) in [7, 11) is 0. The monoisotopic (exact) mass is 370 g/mol. The quantitative estimate of drug-likeness (QED) is 0.333. The van der Waals surface area contributed by atoms with Gasteiger partial charge in [0.25, 0.3) is 0 Å². The van der Waals surface area contributed by atoms with Crippen LogP contribution < -0.4 is 0 Å². The molecule has 0 saturated heterocycles. The average molecular weight is 371 g/mol. The molecule has 0 amide bonds. The van der Waals surface area contributed by atoms with Crippen molar-refractivity contribution < 1.29 is 14.3 Å². The molecule has 0 spiro atoms. The number of unbranched alkanes of at least 4 members (excludes halogenated alkanes) is 1. The highest BCUT2D eigenvalue weighted by atomic mass is 16.5. The van der Waals surface area contributed by atoms with Crippen LogP contribution in [0.4, 0.5) is 0 Å². The SMILES string of the molecule is C/C=C\CCCC(=O)OC(C)C.Cc1cccc(/C=C/C2CCC(=O)C2)c1. The first-order valence-corrected chi connectivity index (χ1v) is 9.98. The van der Waals surface area contributed by atoms with Crippen LogP contribution in [0.2, 0.25) is 0 Å². The lowest BCUT2D eigenvalue weighted by atomic mass is 10.1. The molecule has 1 aliphatic rings. The standard InChI is InChI=1S/C14H16O.C10H18O2/c1-11-3-2-4-12(9-11)5-6-13-7-8-14(15)10-13;1-4-5-6-7-8-10(11)12-9(2)3/h2-6,9,13H,7-8,10H2,1H3;4-5,9H,6-8H2,1-3H3/b6-5+;5-4-. The van der Waals surface area contributed by atoms with Crippen LogP contribution in [0.1, 0.15) is 70.4 Å². The van der Waals surface area contributed by atoms with Crippen molar-refractivity contribution in [1.29, 1.82) is 0 Å². The van der Waals surface area contributed by atoms with E-state index in [4.69, 9.17) is 4.74 Å². The average Bonchev–Trinajstić information content (AvgIpc) is 3.02. The van der Waals surface area contributed by atoms with E-state index in [1.54, 1.807) is 0 Å². The van der Waals surface area contributed by atoms with Crippen molar-refractivity contribution in [2.75, 3.05) is 0 Å². The van der Waals surface area contributed by atoms with Crippen molar-refractivity contribution in [3.63, 3.8) is 0 Å². The van der Waals surface area contributed by atoms with Gasteiger partial charge < -0.3 is 4.74 Å². The number of allylic oxidation sites excluding steroid dienone is 3. The molecule has 0 aromatic heterocycles. The zero-order chi connectivity index (χ0) is 20.1. The Labute approximate surface area is 164 Å². The molecule has 1 aromatic rings. The van der Waals surface area contributed by atoms with E-state index in [2.05, 4.69) is 49.4 Å². The summed E-state index contributed by atoms with van der Waals surface area (Å²) in [6.45, 7) is 7.80. The number of carbonyl (C=O) groups is 2. The summed E-state index contributed by atoms with van der Waals surface area (Å²) < 4.78 is 4.97. The van der Waals surface area contributed by atoms with Crippen molar-refractivity contribution >= 4 is 17.8 Å². The Morgan fingerprint density at radius 1 is 1.33 bits per heavy atom. The lowest BCUT2D eigenvalue weighted by Crippen LogP contribution is -2.10. The summed E-state index contributed by atoms with van der Waals surface area (Å²) in [6.07, 6.45) is 13.3. The van der Waals surface area contributed by atoms with Gasteiger partial charge in [-0.05, 0) is 58.4 Å². The van der Waals surface area contributed by atoms with Crippen molar-refractivity contribution in [1.82, 2.24) is 0 Å². The molecule has 148 valence electrons. The van der Waals surface area contributed by atoms with E-state index in [0.717, 1.165) is 32.1 Å². The molecule has 1 fully saturated rings. The lowest BCUT2D eigenvalue weighted by Gasteiger charge is -2.06. The molecule has 0 radical (unpaired) electrons. The number of esters is 1. The third-order valence-electron chi connectivity index (χ3n) is 4.24. The van der Waals surface area contributed by atoms with Crippen LogP contribution in [0.15, 0.2) is 42.5 Å². The minimum atomic E-state index is -0.0884. The molecule has 1 aromatic carbocycles. The van der Waals surface area contributed by atoms with E-state index < -0.39 is 0 Å². The third kappa shape index (κ3) is 11.2. The first-order chi connectivity index (χ1) is 12.9. The Hall–Kier alpha value is -2.16. The van der Waals surface area contributed by atoms with Crippen LogP contribution in [0.5, 0.6) is 0 Å². The van der Waals surface area contributed by atoms with Gasteiger partial charge in [0.05, 0.1) is 6.10 Å². The Kier molecular flexibility index (Phi) is 11.1. The van der Waals surface area contributed by atoms with Gasteiger partial charge in [-0.1, -0.05) is 54.1 Å². The largest absolute Gasteiger partial charge is 0.463 e. The number of hydrogen-bond acceptors (Lipinski definition) is 3. The lowest BCUT2D eigenvalue weighted by molar-refractivity contribution is -0.147. The fraction of sp³-hybridized carbons (Fsp3) is 0.500. The van der Waals surface area contributed by atoms with Gasteiger partial charge in [-0.3, -0.25) is 9.59 Å². The first kappa shape index (κ1) is 22.9. The predicted octanol–water partition coefficient (Wildman–Crippen LogP) is 6.06. The number of ketones is 1. The highest BCUT2D eigenvalue weighted by Gasteiger charge is 2.19. The minimum absolute atomic E-state index is 0.0132. The molecule has 0 aliphatic heterocycles. The van der Waals surface area contributed by atoms with Gasteiger partial charge in [0.15, 0.2) is 0 Å². The molecule has 1 unspecified atom stereocenters. The number of Topliss-reactive ketones (excluding diaryl/α,β-unsaturated/α-hetero) is 1. The molecule has 0 bridgehead atoms. The maximum atomic E-state index is 11.1. The van der Waals surface area contributed by atoms with E-state index in [1.165, 1.54) is 11.1 Å². The maximum Gasteiger partial charge on any atom is 0.306 e. The highest BCUT2D eigenvalue weighted by molar-refractivity contribution is 5.81. The van der Waals surface area contributed by atoms with Crippen molar-refractivity contribution in [2.24, 2.45) is 5.92 Å². The second-order valence-corrected chi connectivity index (χ2v) is 7.31. The van der Waals surface area contributed by atoms with Crippen LogP contribution in [0.25, 0.3) is 6.08 Å². The van der Waals surface area contributed by atoms with Crippen LogP contribution in [-0.4, -0.2) is 17.9 Å². The summed E-state index contributed by atoms with van der Waals surface area (Å²) in [5.41, 5.74) is 2.51. The highest BCUT2D eigenvalue weighted by Crippen LogP contribution is 2.23. The number of carbonyl (C=O) groups excluding carboxylic acids is 2. The zero-order valence-electron chi connectivity index (χ0n) is 17.2. The second-order valence-electron chi connectivity index (χ2n) is 7.31. The summed E-state index contributed by atoms with van der Waals surface area (Å²) in [4.78, 5) is 22.1. The first-order valence-electron chi connectivity index (χ1n) is 9.98. The molecule has 1 saturated carbocycles. The Bertz CT molecular complexity index is 641. The number of aryl methyl sites for hydroxylation is 1. The maximum absolute atomic E-state index is 11.1. The van der Waals surface area contributed by atoms with Crippen molar-refractivity contribution in [2.45, 2.75) is 72.3 Å². The predicted molar refractivity (Wildman–Crippen MR) is 112 cm³/mol. The topological polar surface area (TPSA) is 43.4 Å². The number of benzene rings is 1. The second kappa shape index (κ2) is 13.1. The molecule has 0 heterocycles. The molecule has 1 atom stereocenters. The Balaban J connectivity index is 0.000000279. The van der Waals surface area contributed by atoms with Crippen molar-refractivity contribution in [3.05, 3.63) is 53.6 Å². The van der Waals surface area contributed by atoms with Crippen LogP contribution in [0.3, 0.4) is 0 Å². The van der Waals surface area contributed by atoms with Gasteiger partial charge in [-0.25, -0.2) is 0 Å². The number of rotatable bonds is 7. The van der Waals surface area contributed by atoms with Gasteiger partial charge in [-0.2, -0.15) is 0 Å². The van der Waals surface area contributed by atoms with E-state index >= 15 is 0 Å². The molecule has 27 heavy (non-hydrogen) atoms. The smallest absolute Gasteiger partial charge is 0.306 e. The van der Waals surface area contributed by atoms with Crippen molar-refractivity contribution in [3.8, 4) is 0 Å². The fourth-order valence-corrected chi connectivity index (χ4v) is 2.88. The number of hydrogen-bond donors (Lipinski definition) is 0. The molecule has 3 heteroatoms. The van der Waals surface area contributed by atoms with Crippen LogP contribution >= 0.6 is 0 Å². The molecule has 0 N–H and O–H groups in total. The minimum Gasteiger partial charge on any atom is -0.463 e. The van der Waals surface area contributed by atoms with Gasteiger partial charge in [0.1, 0.15) is 5.78 Å².